The SMILES string of the molecule is CCCCC12BC(CCC1)CCC2.[HH]. The zero-order valence-electron chi connectivity index (χ0n) is 9.15. The third-order valence-corrected chi connectivity index (χ3v) is 4.42. The van der Waals surface area contributed by atoms with Crippen molar-refractivity contribution in [2.45, 2.75) is 75.8 Å². The summed E-state index contributed by atoms with van der Waals surface area (Å²) in [5, 5.41) is 0.831. The van der Waals surface area contributed by atoms with E-state index in [4.69, 9.17) is 0 Å². The zero-order chi connectivity index (χ0) is 9.15. The maximum Gasteiger partial charge on any atom is 0.131 e. The molecule has 1 heteroatoms. The van der Waals surface area contributed by atoms with E-state index in [0.29, 0.717) is 0 Å². The maximum absolute atomic E-state index is 2.33. The minimum absolute atomic E-state index is 0. The highest BCUT2D eigenvalue weighted by atomic mass is 14.3. The molecule has 0 aromatic carbocycles. The molecular weight excluding hydrogens is 155 g/mol. The third kappa shape index (κ3) is 2.11. The normalized spacial score (nSPS) is 38.4. The van der Waals surface area contributed by atoms with E-state index in [-0.39, 0.29) is 1.43 Å². The van der Waals surface area contributed by atoms with Crippen LogP contribution in [-0.4, -0.2) is 7.28 Å². The molecule has 0 spiro atoms. The quantitative estimate of drug-likeness (QED) is 0.571. The molecule has 0 aliphatic carbocycles. The summed E-state index contributed by atoms with van der Waals surface area (Å²) in [6, 6.07) is 0. The lowest BCUT2D eigenvalue weighted by molar-refractivity contribution is 0.326. The van der Waals surface area contributed by atoms with Crippen LogP contribution in [-0.2, 0) is 0 Å². The summed E-state index contributed by atoms with van der Waals surface area (Å²) in [5.41, 5.74) is 0. The van der Waals surface area contributed by atoms with Crippen molar-refractivity contribution in [3.05, 3.63) is 0 Å². The Morgan fingerprint density at radius 1 is 1.31 bits per heavy atom. The number of hydrogen-bond acceptors (Lipinski definition) is 0. The topological polar surface area (TPSA) is 0 Å². The van der Waals surface area contributed by atoms with Crippen LogP contribution in [0.25, 0.3) is 0 Å². The van der Waals surface area contributed by atoms with E-state index >= 15 is 0 Å². The summed E-state index contributed by atoms with van der Waals surface area (Å²) in [4.78, 5) is 0. The molecule has 0 aromatic heterocycles. The Morgan fingerprint density at radius 2 is 2.00 bits per heavy atom. The number of rotatable bonds is 3. The van der Waals surface area contributed by atoms with Gasteiger partial charge < -0.3 is 0 Å². The van der Waals surface area contributed by atoms with Crippen LogP contribution in [0.5, 0.6) is 0 Å². The Morgan fingerprint density at radius 3 is 2.62 bits per heavy atom. The number of hydrogen-bond donors (Lipinski definition) is 0. The maximum atomic E-state index is 2.33. The fourth-order valence-electron chi connectivity index (χ4n) is 3.73. The molecule has 0 unspecified atom stereocenters. The monoisotopic (exact) mass is 180 g/mol. The van der Waals surface area contributed by atoms with Gasteiger partial charge in [0.2, 0.25) is 0 Å². The molecule has 0 saturated carbocycles. The summed E-state index contributed by atoms with van der Waals surface area (Å²) in [6.45, 7) is 2.33. The van der Waals surface area contributed by atoms with Gasteiger partial charge in [0.15, 0.2) is 0 Å². The van der Waals surface area contributed by atoms with Crippen LogP contribution >= 0.6 is 0 Å². The van der Waals surface area contributed by atoms with Gasteiger partial charge in [-0.05, 0) is 0 Å². The minimum Gasteiger partial charge on any atom is -0.0654 e. The molecule has 76 valence electrons. The molecule has 0 atom stereocenters. The first-order chi connectivity index (χ1) is 6.35. The van der Waals surface area contributed by atoms with Crippen molar-refractivity contribution in [3.8, 4) is 0 Å². The Balaban J connectivity index is 0.000000980. The van der Waals surface area contributed by atoms with Crippen molar-refractivity contribution in [3.63, 3.8) is 0 Å². The zero-order valence-corrected chi connectivity index (χ0v) is 9.15. The van der Waals surface area contributed by atoms with E-state index in [9.17, 15) is 0 Å². The van der Waals surface area contributed by atoms with Gasteiger partial charge in [0, 0.05) is 1.43 Å². The van der Waals surface area contributed by atoms with E-state index in [0.717, 1.165) is 11.1 Å². The molecule has 0 nitrogen and oxygen atoms in total. The smallest absolute Gasteiger partial charge is 0.0654 e. The molecule has 2 rings (SSSR count). The van der Waals surface area contributed by atoms with E-state index in [1.807, 2.05) is 0 Å². The first-order valence-electron chi connectivity index (χ1n) is 6.35. The molecule has 2 heterocycles. The number of unbranched alkanes of at least 4 members (excludes halogenated alkanes) is 1. The van der Waals surface area contributed by atoms with Crippen molar-refractivity contribution >= 4 is 7.28 Å². The van der Waals surface area contributed by atoms with Gasteiger partial charge in [-0.2, -0.15) is 0 Å². The summed E-state index contributed by atoms with van der Waals surface area (Å²) < 4.78 is 0. The van der Waals surface area contributed by atoms with Crippen LogP contribution in [0, 0.1) is 0 Å². The van der Waals surface area contributed by atoms with E-state index in [1.165, 1.54) is 25.7 Å². The van der Waals surface area contributed by atoms with Crippen LogP contribution < -0.4 is 0 Å². The average molecular weight is 180 g/mol. The van der Waals surface area contributed by atoms with Gasteiger partial charge in [0.05, 0.1) is 0 Å². The van der Waals surface area contributed by atoms with Gasteiger partial charge >= 0.3 is 0 Å². The van der Waals surface area contributed by atoms with Crippen molar-refractivity contribution in [1.82, 2.24) is 0 Å². The summed E-state index contributed by atoms with van der Waals surface area (Å²) in [5.74, 6) is 1.12. The largest absolute Gasteiger partial charge is 0.131 e. The summed E-state index contributed by atoms with van der Waals surface area (Å²) in [6.07, 6.45) is 13.7. The summed E-state index contributed by atoms with van der Waals surface area (Å²) >= 11 is 0. The first-order valence-corrected chi connectivity index (χ1v) is 6.35. The predicted molar refractivity (Wildman–Crippen MR) is 62.9 cm³/mol. The van der Waals surface area contributed by atoms with Crippen LogP contribution in [0.1, 0.15) is 66.1 Å². The third-order valence-electron chi connectivity index (χ3n) is 4.42. The molecule has 13 heavy (non-hydrogen) atoms. The molecule has 2 saturated heterocycles. The Kier molecular flexibility index (Phi) is 3.01. The molecule has 2 bridgehead atoms. The lowest BCUT2D eigenvalue weighted by Crippen LogP contribution is -2.32. The lowest BCUT2D eigenvalue weighted by Gasteiger charge is -2.44. The van der Waals surface area contributed by atoms with Gasteiger partial charge in [-0.1, -0.05) is 75.8 Å². The highest BCUT2D eigenvalue weighted by Crippen LogP contribution is 2.54. The Hall–Kier alpha value is 0.0649. The van der Waals surface area contributed by atoms with Gasteiger partial charge in [0.1, 0.15) is 7.28 Å². The minimum atomic E-state index is 0. The highest BCUT2D eigenvalue weighted by molar-refractivity contribution is 6.42. The second-order valence-corrected chi connectivity index (χ2v) is 5.46. The van der Waals surface area contributed by atoms with Gasteiger partial charge in [-0.3, -0.25) is 0 Å². The molecule has 0 radical (unpaired) electrons. The molecule has 0 N–H and O–H groups in total. The standard InChI is InChI=1S/C12H23B.H2/c1-2-3-8-12-9-4-6-11(13-12)7-5-10-12;/h11,13H,2-10H2,1H3;1H. The Labute approximate surface area is 85.2 Å². The fourth-order valence-corrected chi connectivity index (χ4v) is 3.73. The highest BCUT2D eigenvalue weighted by Gasteiger charge is 2.39. The van der Waals surface area contributed by atoms with Crippen LogP contribution in [0.15, 0.2) is 0 Å². The van der Waals surface area contributed by atoms with E-state index < -0.39 is 0 Å². The Bertz CT molecular complexity index is 160. The van der Waals surface area contributed by atoms with Crippen molar-refractivity contribution in [2.75, 3.05) is 0 Å². The van der Waals surface area contributed by atoms with Gasteiger partial charge in [0.25, 0.3) is 0 Å². The van der Waals surface area contributed by atoms with Crippen molar-refractivity contribution in [1.29, 1.82) is 0 Å². The lowest BCUT2D eigenvalue weighted by atomic mass is 9.35. The van der Waals surface area contributed by atoms with Crippen molar-refractivity contribution < 1.29 is 1.43 Å². The predicted octanol–water partition coefficient (Wildman–Crippen LogP) is 4.17. The molecule has 2 aliphatic heterocycles. The van der Waals surface area contributed by atoms with Crippen LogP contribution in [0.3, 0.4) is 0 Å². The molecule has 0 aromatic rings. The molecule has 2 fully saturated rings. The molecule has 0 amide bonds. The van der Waals surface area contributed by atoms with Gasteiger partial charge in [-0.25, -0.2) is 0 Å². The molecule has 2 aliphatic rings. The van der Waals surface area contributed by atoms with Crippen molar-refractivity contribution in [2.24, 2.45) is 0 Å². The fraction of sp³-hybridized carbons (Fsp3) is 1.00. The second kappa shape index (κ2) is 4.06. The van der Waals surface area contributed by atoms with E-state index in [1.54, 1.807) is 39.4 Å². The second-order valence-electron chi connectivity index (χ2n) is 5.46. The first kappa shape index (κ1) is 9.61. The molecular formula is C12H25B. The average Bonchev–Trinajstić information content (AvgIpc) is 2.15. The van der Waals surface area contributed by atoms with Crippen LogP contribution in [0.2, 0.25) is 11.1 Å². The number of fused-ring (bicyclic) bond motifs is 2. The van der Waals surface area contributed by atoms with Crippen LogP contribution in [0.4, 0.5) is 0 Å². The van der Waals surface area contributed by atoms with Gasteiger partial charge in [-0.15, -0.1) is 0 Å². The van der Waals surface area contributed by atoms with E-state index in [2.05, 4.69) is 6.92 Å². The summed E-state index contributed by atoms with van der Waals surface area (Å²) in [7, 11) is 1.59.